The molecule has 2 aliphatic heterocycles. The summed E-state index contributed by atoms with van der Waals surface area (Å²) >= 11 is 1.93. The summed E-state index contributed by atoms with van der Waals surface area (Å²) in [4.78, 5) is 4.65. The summed E-state index contributed by atoms with van der Waals surface area (Å²) in [5, 5.41) is 5.41. The molecule has 1 fully saturated rings. The molecule has 4 heteroatoms. The maximum absolute atomic E-state index is 5.57. The van der Waals surface area contributed by atoms with E-state index in [9.17, 15) is 0 Å². The summed E-state index contributed by atoms with van der Waals surface area (Å²) in [5.41, 5.74) is 0.399. The standard InChI is InChI=1S/C14H26N2OS/c1-10-7-11(5-6-17-10)16-13-15-9-12(18-13)8-14(2,3)4/h10-12H,5-9H2,1-4H3,(H,15,16). The Morgan fingerprint density at radius 2 is 2.22 bits per heavy atom. The van der Waals surface area contributed by atoms with Gasteiger partial charge < -0.3 is 10.1 Å². The van der Waals surface area contributed by atoms with E-state index in [1.165, 1.54) is 6.42 Å². The first-order chi connectivity index (χ1) is 8.42. The zero-order valence-corrected chi connectivity index (χ0v) is 12.8. The van der Waals surface area contributed by atoms with Crippen LogP contribution in [0.5, 0.6) is 0 Å². The van der Waals surface area contributed by atoms with E-state index in [2.05, 4.69) is 38.0 Å². The Hall–Kier alpha value is -0.220. The van der Waals surface area contributed by atoms with Gasteiger partial charge in [-0.3, -0.25) is 4.99 Å². The molecule has 0 spiro atoms. The molecule has 0 aromatic heterocycles. The largest absolute Gasteiger partial charge is 0.378 e. The first kappa shape index (κ1) is 14.2. The van der Waals surface area contributed by atoms with Crippen LogP contribution in [-0.2, 0) is 4.74 Å². The van der Waals surface area contributed by atoms with Crippen LogP contribution in [0.1, 0.15) is 47.0 Å². The summed E-state index contributed by atoms with van der Waals surface area (Å²) in [6.07, 6.45) is 3.82. The Bertz CT molecular complexity index is 311. The quantitative estimate of drug-likeness (QED) is 0.837. The number of nitrogens with zero attached hydrogens (tertiary/aromatic N) is 1. The van der Waals surface area contributed by atoms with Gasteiger partial charge in [-0.05, 0) is 31.6 Å². The molecule has 0 aromatic rings. The van der Waals surface area contributed by atoms with Crippen molar-refractivity contribution in [2.24, 2.45) is 10.4 Å². The van der Waals surface area contributed by atoms with Crippen molar-refractivity contribution in [1.29, 1.82) is 0 Å². The van der Waals surface area contributed by atoms with Crippen molar-refractivity contribution in [3.05, 3.63) is 0 Å². The summed E-state index contributed by atoms with van der Waals surface area (Å²) in [6.45, 7) is 10.9. The van der Waals surface area contributed by atoms with Crippen molar-refractivity contribution in [1.82, 2.24) is 5.32 Å². The third kappa shape index (κ3) is 4.47. The van der Waals surface area contributed by atoms with Gasteiger partial charge in [-0.1, -0.05) is 32.5 Å². The fourth-order valence-electron chi connectivity index (χ4n) is 2.59. The average Bonchev–Trinajstić information content (AvgIpc) is 2.62. The molecular weight excluding hydrogens is 244 g/mol. The minimum Gasteiger partial charge on any atom is -0.378 e. The number of thioether (sulfide) groups is 1. The van der Waals surface area contributed by atoms with Gasteiger partial charge >= 0.3 is 0 Å². The van der Waals surface area contributed by atoms with Crippen LogP contribution in [0.3, 0.4) is 0 Å². The highest BCUT2D eigenvalue weighted by Crippen LogP contribution is 2.31. The molecule has 0 radical (unpaired) electrons. The lowest BCUT2D eigenvalue weighted by atomic mass is 9.90. The van der Waals surface area contributed by atoms with Gasteiger partial charge in [-0.2, -0.15) is 0 Å². The van der Waals surface area contributed by atoms with Crippen LogP contribution in [0.25, 0.3) is 0 Å². The number of rotatable bonds is 2. The fraction of sp³-hybridized carbons (Fsp3) is 0.929. The maximum Gasteiger partial charge on any atom is 0.157 e. The summed E-state index contributed by atoms with van der Waals surface area (Å²) in [5.74, 6) is 0. The predicted octanol–water partition coefficient (Wildman–Crippen LogP) is 3.05. The molecule has 2 rings (SSSR count). The molecule has 0 bridgehead atoms. The SMILES string of the molecule is CC1CC(NC2=NCC(CC(C)(C)C)S2)CCO1. The van der Waals surface area contributed by atoms with Crippen molar-refractivity contribution in [2.45, 2.75) is 64.4 Å². The highest BCUT2D eigenvalue weighted by Gasteiger charge is 2.27. The molecule has 18 heavy (non-hydrogen) atoms. The first-order valence-electron chi connectivity index (χ1n) is 7.01. The van der Waals surface area contributed by atoms with Crippen LogP contribution in [0, 0.1) is 5.41 Å². The number of hydrogen-bond donors (Lipinski definition) is 1. The van der Waals surface area contributed by atoms with Gasteiger partial charge in [0.2, 0.25) is 0 Å². The second kappa shape index (κ2) is 5.83. The summed E-state index contributed by atoms with van der Waals surface area (Å²) in [7, 11) is 0. The van der Waals surface area contributed by atoms with Crippen molar-refractivity contribution < 1.29 is 4.74 Å². The Morgan fingerprint density at radius 1 is 1.44 bits per heavy atom. The van der Waals surface area contributed by atoms with Gasteiger partial charge in [0.25, 0.3) is 0 Å². The molecular formula is C14H26N2OS. The number of amidine groups is 1. The van der Waals surface area contributed by atoms with Gasteiger partial charge in [-0.25, -0.2) is 0 Å². The molecule has 0 aromatic carbocycles. The topological polar surface area (TPSA) is 33.6 Å². The van der Waals surface area contributed by atoms with Gasteiger partial charge in [-0.15, -0.1) is 0 Å². The van der Waals surface area contributed by atoms with E-state index in [0.717, 1.165) is 31.2 Å². The molecule has 104 valence electrons. The lowest BCUT2D eigenvalue weighted by Crippen LogP contribution is -2.40. The zero-order valence-electron chi connectivity index (χ0n) is 12.0. The van der Waals surface area contributed by atoms with Crippen molar-refractivity contribution >= 4 is 16.9 Å². The highest BCUT2D eigenvalue weighted by atomic mass is 32.2. The highest BCUT2D eigenvalue weighted by molar-refractivity contribution is 8.14. The molecule has 0 aliphatic carbocycles. The van der Waals surface area contributed by atoms with E-state index in [1.54, 1.807) is 0 Å². The molecule has 0 saturated carbocycles. The fourth-order valence-corrected chi connectivity index (χ4v) is 4.02. The van der Waals surface area contributed by atoms with Crippen LogP contribution < -0.4 is 5.32 Å². The Balaban J connectivity index is 1.75. The van der Waals surface area contributed by atoms with Crippen molar-refractivity contribution in [3.8, 4) is 0 Å². The minimum absolute atomic E-state index is 0.383. The van der Waals surface area contributed by atoms with Crippen molar-refractivity contribution in [3.63, 3.8) is 0 Å². The number of aliphatic imine (C=N–C) groups is 1. The molecule has 1 N–H and O–H groups in total. The summed E-state index contributed by atoms with van der Waals surface area (Å²) < 4.78 is 5.57. The Kier molecular flexibility index (Phi) is 4.59. The van der Waals surface area contributed by atoms with Crippen LogP contribution >= 0.6 is 11.8 Å². The lowest BCUT2D eigenvalue weighted by Gasteiger charge is -2.28. The second-order valence-corrected chi connectivity index (χ2v) is 7.99. The number of ether oxygens (including phenoxy) is 1. The molecule has 0 amide bonds. The molecule has 1 saturated heterocycles. The van der Waals surface area contributed by atoms with Gasteiger partial charge in [0.05, 0.1) is 12.6 Å². The summed E-state index contributed by atoms with van der Waals surface area (Å²) in [6, 6.07) is 0.549. The van der Waals surface area contributed by atoms with E-state index in [-0.39, 0.29) is 0 Å². The first-order valence-corrected chi connectivity index (χ1v) is 7.89. The molecule has 3 nitrogen and oxygen atoms in total. The van der Waals surface area contributed by atoms with Gasteiger partial charge in [0.1, 0.15) is 0 Å². The van der Waals surface area contributed by atoms with Crippen LogP contribution in [0.15, 0.2) is 4.99 Å². The Morgan fingerprint density at radius 3 is 2.89 bits per heavy atom. The lowest BCUT2D eigenvalue weighted by molar-refractivity contribution is 0.0168. The Labute approximate surface area is 115 Å². The maximum atomic E-state index is 5.57. The van der Waals surface area contributed by atoms with E-state index < -0.39 is 0 Å². The predicted molar refractivity (Wildman–Crippen MR) is 79.3 cm³/mol. The van der Waals surface area contributed by atoms with E-state index in [0.29, 0.717) is 22.8 Å². The van der Waals surface area contributed by atoms with E-state index in [1.807, 2.05) is 11.8 Å². The van der Waals surface area contributed by atoms with E-state index >= 15 is 0 Å². The smallest absolute Gasteiger partial charge is 0.157 e. The molecule has 2 aliphatic rings. The van der Waals surface area contributed by atoms with Gasteiger partial charge in [0.15, 0.2) is 5.17 Å². The average molecular weight is 270 g/mol. The number of hydrogen-bond acceptors (Lipinski definition) is 4. The molecule has 3 unspecified atom stereocenters. The third-order valence-corrected chi connectivity index (χ3v) is 4.49. The minimum atomic E-state index is 0.383. The normalized spacial score (nSPS) is 33.3. The molecule has 2 heterocycles. The van der Waals surface area contributed by atoms with Crippen LogP contribution in [0.4, 0.5) is 0 Å². The van der Waals surface area contributed by atoms with Crippen molar-refractivity contribution in [2.75, 3.05) is 13.2 Å². The zero-order chi connectivity index (χ0) is 13.2. The molecule has 3 atom stereocenters. The number of nitrogens with one attached hydrogen (secondary N) is 1. The third-order valence-electron chi connectivity index (χ3n) is 3.37. The van der Waals surface area contributed by atoms with Crippen LogP contribution in [-0.4, -0.2) is 35.7 Å². The van der Waals surface area contributed by atoms with Crippen LogP contribution in [0.2, 0.25) is 0 Å². The van der Waals surface area contributed by atoms with Gasteiger partial charge in [0, 0.05) is 17.9 Å². The van der Waals surface area contributed by atoms with E-state index in [4.69, 9.17) is 4.74 Å². The second-order valence-electron chi connectivity index (χ2n) is 6.70. The monoisotopic (exact) mass is 270 g/mol.